The monoisotopic (exact) mass is 317 g/mol. The second-order valence-corrected chi connectivity index (χ2v) is 4.74. The zero-order valence-corrected chi connectivity index (χ0v) is 12.5. The van der Waals surface area contributed by atoms with Crippen LogP contribution >= 0.6 is 0 Å². The van der Waals surface area contributed by atoms with Gasteiger partial charge in [0.15, 0.2) is 6.61 Å². The van der Waals surface area contributed by atoms with E-state index in [0.29, 0.717) is 11.4 Å². The molecule has 2 aromatic rings. The van der Waals surface area contributed by atoms with Crippen molar-refractivity contribution in [2.75, 3.05) is 19.0 Å². The highest BCUT2D eigenvalue weighted by Gasteiger charge is 2.09. The van der Waals surface area contributed by atoms with E-state index in [1.54, 1.807) is 31.4 Å². The molecule has 0 saturated carbocycles. The van der Waals surface area contributed by atoms with Crippen LogP contribution in [0.25, 0.3) is 0 Å². The predicted molar refractivity (Wildman–Crippen MR) is 82.7 cm³/mol. The molecule has 0 aliphatic heterocycles. The smallest absolute Gasteiger partial charge is 0.310 e. The molecule has 0 bridgehead atoms. The number of benzene rings is 2. The standard InChI is InChI=1S/C17H16FNO4/c1-22-15-8-2-12(3-9-15)10-17(21)23-11-16(20)19-14-6-4-13(18)5-7-14/h2-9H,10-11H2,1H3,(H,19,20). The number of anilines is 1. The first-order chi connectivity index (χ1) is 11.1. The Bertz CT molecular complexity index is 668. The van der Waals surface area contributed by atoms with E-state index in [9.17, 15) is 14.0 Å². The average Bonchev–Trinajstić information content (AvgIpc) is 2.56. The minimum atomic E-state index is -0.510. The molecule has 0 fully saturated rings. The van der Waals surface area contributed by atoms with Gasteiger partial charge in [-0.15, -0.1) is 0 Å². The van der Waals surface area contributed by atoms with Crippen molar-refractivity contribution in [3.8, 4) is 5.75 Å². The van der Waals surface area contributed by atoms with Crippen molar-refractivity contribution >= 4 is 17.6 Å². The third-order valence-electron chi connectivity index (χ3n) is 3.00. The maximum absolute atomic E-state index is 12.7. The summed E-state index contributed by atoms with van der Waals surface area (Å²) in [5.74, 6) is -0.696. The Kier molecular flexibility index (Phi) is 5.68. The predicted octanol–water partition coefficient (Wildman–Crippen LogP) is 2.56. The maximum Gasteiger partial charge on any atom is 0.310 e. The fraction of sp³-hybridized carbons (Fsp3) is 0.176. The highest BCUT2D eigenvalue weighted by atomic mass is 19.1. The lowest BCUT2D eigenvalue weighted by atomic mass is 10.1. The van der Waals surface area contributed by atoms with Gasteiger partial charge in [-0.25, -0.2) is 4.39 Å². The number of hydrogen-bond donors (Lipinski definition) is 1. The van der Waals surface area contributed by atoms with Crippen molar-refractivity contribution in [2.24, 2.45) is 0 Å². The van der Waals surface area contributed by atoms with Gasteiger partial charge in [0, 0.05) is 5.69 Å². The Morgan fingerprint density at radius 3 is 2.30 bits per heavy atom. The quantitative estimate of drug-likeness (QED) is 0.832. The summed E-state index contributed by atoms with van der Waals surface area (Å²) in [5.41, 5.74) is 1.19. The number of amides is 1. The van der Waals surface area contributed by atoms with Gasteiger partial charge < -0.3 is 14.8 Å². The van der Waals surface area contributed by atoms with Gasteiger partial charge >= 0.3 is 5.97 Å². The molecule has 0 unspecified atom stereocenters. The van der Waals surface area contributed by atoms with Crippen LogP contribution in [0.4, 0.5) is 10.1 Å². The van der Waals surface area contributed by atoms with Gasteiger partial charge in [0.05, 0.1) is 13.5 Å². The molecule has 120 valence electrons. The normalized spacial score (nSPS) is 10.0. The number of hydrogen-bond acceptors (Lipinski definition) is 4. The summed E-state index contributed by atoms with van der Waals surface area (Å²) in [7, 11) is 1.56. The SMILES string of the molecule is COc1ccc(CC(=O)OCC(=O)Nc2ccc(F)cc2)cc1. The molecule has 0 spiro atoms. The number of ether oxygens (including phenoxy) is 2. The molecule has 6 heteroatoms. The number of esters is 1. The first-order valence-corrected chi connectivity index (χ1v) is 6.91. The molecule has 0 aromatic heterocycles. The van der Waals surface area contributed by atoms with Crippen molar-refractivity contribution in [3.05, 3.63) is 59.9 Å². The topological polar surface area (TPSA) is 64.6 Å². The summed E-state index contributed by atoms with van der Waals surface area (Å²) < 4.78 is 22.7. The van der Waals surface area contributed by atoms with Crippen LogP contribution in [-0.4, -0.2) is 25.6 Å². The van der Waals surface area contributed by atoms with E-state index >= 15 is 0 Å². The van der Waals surface area contributed by atoms with Crippen LogP contribution in [0.1, 0.15) is 5.56 Å². The summed E-state index contributed by atoms with van der Waals surface area (Å²) in [4.78, 5) is 23.3. The lowest BCUT2D eigenvalue weighted by Crippen LogP contribution is -2.21. The highest BCUT2D eigenvalue weighted by Crippen LogP contribution is 2.12. The second kappa shape index (κ2) is 7.93. The Hall–Kier alpha value is -2.89. The van der Waals surface area contributed by atoms with Gasteiger partial charge in [0.25, 0.3) is 5.91 Å². The van der Waals surface area contributed by atoms with Gasteiger partial charge in [-0.2, -0.15) is 0 Å². The molecule has 0 radical (unpaired) electrons. The van der Waals surface area contributed by atoms with Crippen LogP contribution in [0.2, 0.25) is 0 Å². The van der Waals surface area contributed by atoms with Gasteiger partial charge in [-0.1, -0.05) is 12.1 Å². The lowest BCUT2D eigenvalue weighted by Gasteiger charge is -2.07. The third-order valence-corrected chi connectivity index (χ3v) is 3.00. The van der Waals surface area contributed by atoms with Crippen LogP contribution in [0.15, 0.2) is 48.5 Å². The molecule has 0 saturated heterocycles. The summed E-state index contributed by atoms with van der Waals surface area (Å²) >= 11 is 0. The lowest BCUT2D eigenvalue weighted by molar-refractivity contribution is -0.146. The maximum atomic E-state index is 12.7. The first-order valence-electron chi connectivity index (χ1n) is 6.91. The molecule has 23 heavy (non-hydrogen) atoms. The van der Waals surface area contributed by atoms with Gasteiger partial charge in [0.2, 0.25) is 0 Å². The third kappa shape index (κ3) is 5.43. The number of carbonyl (C=O) groups is 2. The molecule has 5 nitrogen and oxygen atoms in total. The van der Waals surface area contributed by atoms with Crippen LogP contribution in [-0.2, 0) is 20.7 Å². The number of halogens is 1. The number of nitrogens with one attached hydrogen (secondary N) is 1. The second-order valence-electron chi connectivity index (χ2n) is 4.74. The first kappa shape index (κ1) is 16.5. The van der Waals surface area contributed by atoms with E-state index in [0.717, 1.165) is 5.56 Å². The average molecular weight is 317 g/mol. The van der Waals surface area contributed by atoms with Gasteiger partial charge in [0.1, 0.15) is 11.6 Å². The minimum absolute atomic E-state index is 0.0633. The molecule has 2 aromatic carbocycles. The molecular weight excluding hydrogens is 301 g/mol. The van der Waals surface area contributed by atoms with Gasteiger partial charge in [-0.3, -0.25) is 9.59 Å². The molecule has 0 atom stereocenters. The van der Waals surface area contributed by atoms with E-state index < -0.39 is 24.3 Å². The summed E-state index contributed by atoms with van der Waals surface area (Å²) in [6.45, 7) is -0.396. The summed E-state index contributed by atoms with van der Waals surface area (Å²) in [6.07, 6.45) is 0.0633. The fourth-order valence-corrected chi connectivity index (χ4v) is 1.84. The number of methoxy groups -OCH3 is 1. The molecular formula is C17H16FNO4. The van der Waals surface area contributed by atoms with E-state index in [4.69, 9.17) is 9.47 Å². The van der Waals surface area contributed by atoms with Crippen molar-refractivity contribution in [1.29, 1.82) is 0 Å². The molecule has 0 aliphatic rings. The molecule has 0 aliphatic carbocycles. The van der Waals surface area contributed by atoms with Gasteiger partial charge in [-0.05, 0) is 42.0 Å². The Balaban J connectivity index is 1.76. The van der Waals surface area contributed by atoms with E-state index in [2.05, 4.69) is 5.32 Å². The minimum Gasteiger partial charge on any atom is -0.497 e. The Morgan fingerprint density at radius 1 is 1.04 bits per heavy atom. The van der Waals surface area contributed by atoms with Crippen molar-refractivity contribution in [2.45, 2.75) is 6.42 Å². The zero-order valence-electron chi connectivity index (χ0n) is 12.5. The Morgan fingerprint density at radius 2 is 1.70 bits per heavy atom. The van der Waals surface area contributed by atoms with Crippen molar-refractivity contribution < 1.29 is 23.5 Å². The van der Waals surface area contributed by atoms with Crippen LogP contribution in [0.5, 0.6) is 5.75 Å². The van der Waals surface area contributed by atoms with E-state index in [1.165, 1.54) is 24.3 Å². The molecule has 2 rings (SSSR count). The fourth-order valence-electron chi connectivity index (χ4n) is 1.84. The Labute approximate surface area is 133 Å². The largest absolute Gasteiger partial charge is 0.497 e. The molecule has 0 heterocycles. The van der Waals surface area contributed by atoms with E-state index in [1.807, 2.05) is 0 Å². The highest BCUT2D eigenvalue weighted by molar-refractivity contribution is 5.92. The zero-order chi connectivity index (χ0) is 16.7. The van der Waals surface area contributed by atoms with Crippen LogP contribution in [0.3, 0.4) is 0 Å². The number of carbonyl (C=O) groups excluding carboxylic acids is 2. The van der Waals surface area contributed by atoms with Crippen LogP contribution < -0.4 is 10.1 Å². The van der Waals surface area contributed by atoms with Crippen LogP contribution in [0, 0.1) is 5.82 Å². The number of rotatable bonds is 6. The molecule has 1 amide bonds. The molecule has 1 N–H and O–H groups in total. The summed E-state index contributed by atoms with van der Waals surface area (Å²) in [6, 6.07) is 12.3. The van der Waals surface area contributed by atoms with Crippen molar-refractivity contribution in [3.63, 3.8) is 0 Å². The van der Waals surface area contributed by atoms with Crippen molar-refractivity contribution in [1.82, 2.24) is 0 Å². The van der Waals surface area contributed by atoms with E-state index in [-0.39, 0.29) is 6.42 Å². The summed E-state index contributed by atoms with van der Waals surface area (Å²) in [5, 5.41) is 2.50.